The number of aryl methyl sites for hydroxylation is 1. The van der Waals surface area contributed by atoms with Crippen molar-refractivity contribution in [1.29, 1.82) is 0 Å². The van der Waals surface area contributed by atoms with Crippen LogP contribution in [0.5, 0.6) is 0 Å². The number of pyridine rings is 2. The third kappa shape index (κ3) is 2.95. The van der Waals surface area contributed by atoms with Gasteiger partial charge in [0.2, 0.25) is 0 Å². The van der Waals surface area contributed by atoms with Gasteiger partial charge in [0.05, 0.1) is 5.69 Å². The van der Waals surface area contributed by atoms with Gasteiger partial charge in [0, 0.05) is 43.1 Å². The molecule has 0 aliphatic rings. The van der Waals surface area contributed by atoms with Crippen LogP contribution in [0.2, 0.25) is 0 Å². The molecule has 0 spiro atoms. The Kier molecular flexibility index (Phi) is 4.46. The molecular formula is C17H18N4O2S. The van der Waals surface area contributed by atoms with Crippen molar-refractivity contribution in [3.05, 3.63) is 66.4 Å². The summed E-state index contributed by atoms with van der Waals surface area (Å²) in [5.74, 6) is 0. The van der Waals surface area contributed by atoms with Gasteiger partial charge in [0.25, 0.3) is 10.0 Å². The number of rotatable bonds is 5. The number of nitrogens with zero attached hydrogens (tertiary/aromatic N) is 3. The third-order valence-corrected chi connectivity index (χ3v) is 5.39. The maximum absolute atomic E-state index is 13.0. The van der Waals surface area contributed by atoms with Crippen molar-refractivity contribution in [1.82, 2.24) is 19.3 Å². The molecule has 0 fully saturated rings. The SMILES string of the molecule is CNCc1cc(-c2cnccc2C)n(S(=O)(=O)c2cccnc2)c1. The second-order valence-corrected chi connectivity index (χ2v) is 7.26. The lowest BCUT2D eigenvalue weighted by Gasteiger charge is -2.11. The van der Waals surface area contributed by atoms with Crippen molar-refractivity contribution in [2.24, 2.45) is 0 Å². The molecular weight excluding hydrogens is 324 g/mol. The second kappa shape index (κ2) is 6.54. The van der Waals surface area contributed by atoms with Crippen LogP contribution < -0.4 is 5.32 Å². The van der Waals surface area contributed by atoms with Gasteiger partial charge in [0.1, 0.15) is 4.90 Å². The van der Waals surface area contributed by atoms with E-state index in [-0.39, 0.29) is 4.90 Å². The quantitative estimate of drug-likeness (QED) is 0.769. The zero-order chi connectivity index (χ0) is 17.2. The molecule has 6 nitrogen and oxygen atoms in total. The molecule has 0 aliphatic heterocycles. The molecule has 0 bridgehead atoms. The monoisotopic (exact) mass is 342 g/mol. The summed E-state index contributed by atoms with van der Waals surface area (Å²) >= 11 is 0. The molecule has 0 aromatic carbocycles. The molecule has 3 aromatic heterocycles. The molecule has 0 atom stereocenters. The highest BCUT2D eigenvalue weighted by Crippen LogP contribution is 2.28. The fourth-order valence-corrected chi connectivity index (χ4v) is 3.89. The molecule has 3 heterocycles. The molecule has 3 aromatic rings. The van der Waals surface area contributed by atoms with Gasteiger partial charge in [-0.2, -0.15) is 0 Å². The van der Waals surface area contributed by atoms with Gasteiger partial charge in [-0.25, -0.2) is 12.4 Å². The summed E-state index contributed by atoms with van der Waals surface area (Å²) < 4.78 is 27.4. The molecule has 0 radical (unpaired) electrons. The average Bonchev–Trinajstić information content (AvgIpc) is 3.01. The predicted octanol–water partition coefficient (Wildman–Crippen LogP) is 2.21. The van der Waals surface area contributed by atoms with Gasteiger partial charge in [-0.3, -0.25) is 9.97 Å². The molecule has 3 rings (SSSR count). The van der Waals surface area contributed by atoms with Gasteiger partial charge >= 0.3 is 0 Å². The van der Waals surface area contributed by atoms with E-state index in [0.717, 1.165) is 16.7 Å². The van der Waals surface area contributed by atoms with Gasteiger partial charge in [-0.15, -0.1) is 0 Å². The van der Waals surface area contributed by atoms with E-state index in [9.17, 15) is 8.42 Å². The first kappa shape index (κ1) is 16.4. The lowest BCUT2D eigenvalue weighted by atomic mass is 10.1. The first-order chi connectivity index (χ1) is 11.5. The molecule has 1 N–H and O–H groups in total. The summed E-state index contributed by atoms with van der Waals surface area (Å²) in [6, 6.07) is 6.88. The maximum atomic E-state index is 13.0. The van der Waals surface area contributed by atoms with Crippen LogP contribution in [0.15, 0.2) is 60.1 Å². The largest absolute Gasteiger partial charge is 0.316 e. The molecule has 0 saturated carbocycles. The van der Waals surface area contributed by atoms with E-state index < -0.39 is 10.0 Å². The van der Waals surface area contributed by atoms with Crippen molar-refractivity contribution in [3.8, 4) is 11.3 Å². The number of hydrogen-bond donors (Lipinski definition) is 1. The zero-order valence-electron chi connectivity index (χ0n) is 13.5. The van der Waals surface area contributed by atoms with E-state index in [1.807, 2.05) is 26.1 Å². The summed E-state index contributed by atoms with van der Waals surface area (Å²) in [5, 5.41) is 3.05. The minimum absolute atomic E-state index is 0.152. The summed E-state index contributed by atoms with van der Waals surface area (Å²) in [4.78, 5) is 8.21. The van der Waals surface area contributed by atoms with Gasteiger partial charge in [0.15, 0.2) is 0 Å². The highest BCUT2D eigenvalue weighted by molar-refractivity contribution is 7.90. The topological polar surface area (TPSA) is 76.9 Å². The first-order valence-corrected chi connectivity index (χ1v) is 8.90. The standard InChI is InChI=1S/C17H18N4O2S/c1-13-5-7-20-11-16(13)17-8-14(9-18-2)12-21(17)24(22,23)15-4-3-6-19-10-15/h3-8,10-12,18H,9H2,1-2H3. The Morgan fingerprint density at radius 1 is 1.17 bits per heavy atom. The third-order valence-electron chi connectivity index (χ3n) is 3.73. The lowest BCUT2D eigenvalue weighted by molar-refractivity contribution is 0.587. The minimum atomic E-state index is -3.73. The highest BCUT2D eigenvalue weighted by atomic mass is 32.2. The normalized spacial score (nSPS) is 11.6. The molecule has 24 heavy (non-hydrogen) atoms. The van der Waals surface area contributed by atoms with E-state index in [4.69, 9.17) is 0 Å². The first-order valence-electron chi connectivity index (χ1n) is 7.46. The van der Waals surface area contributed by atoms with Crippen LogP contribution >= 0.6 is 0 Å². The van der Waals surface area contributed by atoms with Crippen molar-refractivity contribution >= 4 is 10.0 Å². The van der Waals surface area contributed by atoms with Crippen molar-refractivity contribution in [2.45, 2.75) is 18.4 Å². The molecule has 0 unspecified atom stereocenters. The van der Waals surface area contributed by atoms with Crippen LogP contribution in [-0.2, 0) is 16.6 Å². The Morgan fingerprint density at radius 3 is 2.62 bits per heavy atom. The molecule has 0 aliphatic carbocycles. The predicted molar refractivity (Wildman–Crippen MR) is 92.0 cm³/mol. The fourth-order valence-electron chi connectivity index (χ4n) is 2.54. The summed E-state index contributed by atoms with van der Waals surface area (Å²) in [6.45, 7) is 2.50. The number of nitrogens with one attached hydrogen (secondary N) is 1. The Hall–Kier alpha value is -2.51. The Morgan fingerprint density at radius 2 is 1.96 bits per heavy atom. The molecule has 7 heteroatoms. The fraction of sp³-hybridized carbons (Fsp3) is 0.176. The zero-order valence-corrected chi connectivity index (χ0v) is 14.3. The smallest absolute Gasteiger partial charge is 0.269 e. The van der Waals surface area contributed by atoms with E-state index in [0.29, 0.717) is 12.2 Å². The van der Waals surface area contributed by atoms with Crippen molar-refractivity contribution < 1.29 is 8.42 Å². The van der Waals surface area contributed by atoms with E-state index in [1.54, 1.807) is 36.9 Å². The maximum Gasteiger partial charge on any atom is 0.269 e. The molecule has 0 saturated heterocycles. The van der Waals surface area contributed by atoms with Crippen LogP contribution in [-0.4, -0.2) is 29.4 Å². The van der Waals surface area contributed by atoms with E-state index in [1.165, 1.54) is 10.2 Å². The van der Waals surface area contributed by atoms with E-state index in [2.05, 4.69) is 15.3 Å². The average molecular weight is 342 g/mol. The highest BCUT2D eigenvalue weighted by Gasteiger charge is 2.22. The van der Waals surface area contributed by atoms with Crippen LogP contribution in [0.1, 0.15) is 11.1 Å². The van der Waals surface area contributed by atoms with Crippen LogP contribution in [0.25, 0.3) is 11.3 Å². The summed E-state index contributed by atoms with van der Waals surface area (Å²) in [6.07, 6.45) is 7.92. The Balaban J connectivity index is 2.23. The lowest BCUT2D eigenvalue weighted by Crippen LogP contribution is -2.14. The van der Waals surface area contributed by atoms with Gasteiger partial charge in [-0.05, 0) is 49.4 Å². The van der Waals surface area contributed by atoms with Crippen LogP contribution in [0, 0.1) is 6.92 Å². The van der Waals surface area contributed by atoms with Gasteiger partial charge in [-0.1, -0.05) is 0 Å². The van der Waals surface area contributed by atoms with Crippen molar-refractivity contribution in [2.75, 3.05) is 7.05 Å². The minimum Gasteiger partial charge on any atom is -0.316 e. The summed E-state index contributed by atoms with van der Waals surface area (Å²) in [7, 11) is -1.91. The summed E-state index contributed by atoms with van der Waals surface area (Å²) in [5.41, 5.74) is 3.21. The van der Waals surface area contributed by atoms with Gasteiger partial charge < -0.3 is 5.32 Å². The van der Waals surface area contributed by atoms with E-state index >= 15 is 0 Å². The van der Waals surface area contributed by atoms with Crippen molar-refractivity contribution in [3.63, 3.8) is 0 Å². The van der Waals surface area contributed by atoms with Crippen LogP contribution in [0.4, 0.5) is 0 Å². The second-order valence-electron chi connectivity index (χ2n) is 5.44. The Labute approximate surface area is 141 Å². The molecule has 124 valence electrons. The molecule has 0 amide bonds. The number of aromatic nitrogens is 3. The Bertz CT molecular complexity index is 950. The van der Waals surface area contributed by atoms with Crippen LogP contribution in [0.3, 0.4) is 0 Å². The number of hydrogen-bond acceptors (Lipinski definition) is 5.